The van der Waals surface area contributed by atoms with E-state index in [0.717, 1.165) is 49.4 Å². The summed E-state index contributed by atoms with van der Waals surface area (Å²) in [7, 11) is -3.72. The van der Waals surface area contributed by atoms with E-state index in [1.807, 2.05) is 36.4 Å². The van der Waals surface area contributed by atoms with Gasteiger partial charge in [0.1, 0.15) is 0 Å². The Balaban J connectivity index is 1.29. The Morgan fingerprint density at radius 1 is 0.769 bits per heavy atom. The molecule has 39 heavy (non-hydrogen) atoms. The standard InChI is InChI=1S/C28H36N6O4S/c29-39(37,38)26-11-9-23(10-12-26)15-19-33-28(36)14-13-27(35)32-18-5-6-20-34(21-24-7-1-3-16-30-24)22-25-8-2-4-17-31-25/h1-4,7-12,16-17H,5-6,13-15,18-22H2,(H,32,35)(H,33,36)(H2,29,37,38). The number of aromatic nitrogens is 2. The average molecular weight is 553 g/mol. The highest BCUT2D eigenvalue weighted by molar-refractivity contribution is 7.89. The Morgan fingerprint density at radius 3 is 1.85 bits per heavy atom. The minimum atomic E-state index is -3.72. The molecule has 2 amide bonds. The first kappa shape index (κ1) is 29.9. The lowest BCUT2D eigenvalue weighted by Gasteiger charge is -2.21. The highest BCUT2D eigenvalue weighted by atomic mass is 32.2. The predicted octanol–water partition coefficient (Wildman–Crippen LogP) is 2.16. The largest absolute Gasteiger partial charge is 0.356 e. The summed E-state index contributed by atoms with van der Waals surface area (Å²) in [6, 6.07) is 18.0. The van der Waals surface area contributed by atoms with Gasteiger partial charge in [0.2, 0.25) is 21.8 Å². The van der Waals surface area contributed by atoms with E-state index >= 15 is 0 Å². The Bertz CT molecular complexity index is 1230. The van der Waals surface area contributed by atoms with Gasteiger partial charge in [0.05, 0.1) is 16.3 Å². The number of unbranched alkanes of at least 4 members (excludes halogenated alkanes) is 1. The lowest BCUT2D eigenvalue weighted by molar-refractivity contribution is -0.126. The summed E-state index contributed by atoms with van der Waals surface area (Å²) in [6.07, 6.45) is 6.09. The molecule has 0 atom stereocenters. The van der Waals surface area contributed by atoms with Gasteiger partial charge in [-0.1, -0.05) is 24.3 Å². The fourth-order valence-corrected chi connectivity index (χ4v) is 4.46. The fraction of sp³-hybridized carbons (Fsp3) is 0.357. The number of nitrogens with one attached hydrogen (secondary N) is 2. The maximum absolute atomic E-state index is 12.2. The molecule has 3 rings (SSSR count). The number of carbonyl (C=O) groups excluding carboxylic acids is 2. The second-order valence-corrected chi connectivity index (χ2v) is 10.8. The number of rotatable bonds is 16. The molecule has 4 N–H and O–H groups in total. The lowest BCUT2D eigenvalue weighted by Crippen LogP contribution is -2.30. The van der Waals surface area contributed by atoms with Crippen molar-refractivity contribution in [3.63, 3.8) is 0 Å². The maximum atomic E-state index is 12.2. The third-order valence-corrected chi connectivity index (χ3v) is 6.94. The van der Waals surface area contributed by atoms with Gasteiger partial charge in [-0.25, -0.2) is 13.6 Å². The van der Waals surface area contributed by atoms with Crippen molar-refractivity contribution in [2.45, 2.75) is 50.1 Å². The van der Waals surface area contributed by atoms with E-state index in [1.165, 1.54) is 12.1 Å². The number of carbonyl (C=O) groups is 2. The van der Waals surface area contributed by atoms with Crippen LogP contribution in [-0.4, -0.2) is 54.7 Å². The van der Waals surface area contributed by atoms with Crippen LogP contribution in [0.15, 0.2) is 78.0 Å². The minimum absolute atomic E-state index is 0.0487. The summed E-state index contributed by atoms with van der Waals surface area (Å²) in [5.74, 6) is -0.353. The van der Waals surface area contributed by atoms with Gasteiger partial charge < -0.3 is 10.6 Å². The maximum Gasteiger partial charge on any atom is 0.238 e. The van der Waals surface area contributed by atoms with Crippen LogP contribution < -0.4 is 15.8 Å². The molecular formula is C28H36N6O4S. The van der Waals surface area contributed by atoms with E-state index in [0.29, 0.717) is 19.5 Å². The molecule has 0 aliphatic carbocycles. The van der Waals surface area contributed by atoms with Crippen LogP contribution in [0.3, 0.4) is 0 Å². The van der Waals surface area contributed by atoms with Crippen LogP contribution in [-0.2, 0) is 39.1 Å². The van der Waals surface area contributed by atoms with E-state index in [4.69, 9.17) is 5.14 Å². The molecule has 0 unspecified atom stereocenters. The highest BCUT2D eigenvalue weighted by Crippen LogP contribution is 2.10. The molecule has 208 valence electrons. The second-order valence-electron chi connectivity index (χ2n) is 9.20. The average Bonchev–Trinajstić information content (AvgIpc) is 2.92. The quantitative estimate of drug-likeness (QED) is 0.231. The Hall–Kier alpha value is -3.67. The van der Waals surface area contributed by atoms with Gasteiger partial charge in [-0.15, -0.1) is 0 Å². The van der Waals surface area contributed by atoms with Crippen LogP contribution in [0.1, 0.15) is 42.6 Å². The zero-order valence-electron chi connectivity index (χ0n) is 22.0. The number of sulfonamides is 1. The van der Waals surface area contributed by atoms with E-state index in [1.54, 1.807) is 24.5 Å². The van der Waals surface area contributed by atoms with Gasteiger partial charge in [0, 0.05) is 51.4 Å². The van der Waals surface area contributed by atoms with Crippen LogP contribution in [0.25, 0.3) is 0 Å². The van der Waals surface area contributed by atoms with Crippen molar-refractivity contribution in [3.8, 4) is 0 Å². The molecule has 1 aromatic carbocycles. The molecule has 0 fully saturated rings. The minimum Gasteiger partial charge on any atom is -0.356 e. The van der Waals surface area contributed by atoms with Crippen molar-refractivity contribution in [1.82, 2.24) is 25.5 Å². The number of benzene rings is 1. The zero-order valence-corrected chi connectivity index (χ0v) is 22.8. The molecule has 0 saturated carbocycles. The predicted molar refractivity (Wildman–Crippen MR) is 149 cm³/mol. The molecule has 10 nitrogen and oxygen atoms in total. The molecular weight excluding hydrogens is 516 g/mol. The number of primary sulfonamides is 1. The third kappa shape index (κ3) is 11.7. The number of hydrogen-bond acceptors (Lipinski definition) is 7. The number of pyridine rings is 2. The van der Waals surface area contributed by atoms with E-state index in [-0.39, 0.29) is 29.6 Å². The molecule has 0 spiro atoms. The SMILES string of the molecule is NS(=O)(=O)c1ccc(CCNC(=O)CCC(=O)NCCCCN(Cc2ccccn2)Cc2ccccn2)cc1. The topological polar surface area (TPSA) is 147 Å². The van der Waals surface area contributed by atoms with Gasteiger partial charge in [-0.05, 0) is 67.8 Å². The van der Waals surface area contributed by atoms with E-state index < -0.39 is 10.0 Å². The second kappa shape index (κ2) is 15.7. The van der Waals surface area contributed by atoms with E-state index in [2.05, 4.69) is 25.5 Å². The number of hydrogen-bond donors (Lipinski definition) is 3. The molecule has 0 radical (unpaired) electrons. The van der Waals surface area contributed by atoms with E-state index in [9.17, 15) is 18.0 Å². The van der Waals surface area contributed by atoms with Gasteiger partial charge in [-0.3, -0.25) is 24.5 Å². The van der Waals surface area contributed by atoms with Crippen LogP contribution >= 0.6 is 0 Å². The van der Waals surface area contributed by atoms with Crippen LogP contribution in [0, 0.1) is 0 Å². The first-order valence-corrected chi connectivity index (χ1v) is 14.5. The van der Waals surface area contributed by atoms with Crippen LogP contribution in [0.4, 0.5) is 0 Å². The number of amides is 2. The molecule has 0 aliphatic heterocycles. The van der Waals surface area contributed by atoms with Gasteiger partial charge in [-0.2, -0.15) is 0 Å². The summed E-state index contributed by atoms with van der Waals surface area (Å²) in [5, 5.41) is 10.8. The molecule has 3 aromatic rings. The van der Waals surface area contributed by atoms with Gasteiger partial charge >= 0.3 is 0 Å². The van der Waals surface area contributed by atoms with Crippen LogP contribution in [0.2, 0.25) is 0 Å². The van der Waals surface area contributed by atoms with Crippen molar-refractivity contribution in [3.05, 3.63) is 90.0 Å². The monoisotopic (exact) mass is 552 g/mol. The summed E-state index contributed by atoms with van der Waals surface area (Å²) >= 11 is 0. The van der Waals surface area contributed by atoms with Crippen molar-refractivity contribution in [1.29, 1.82) is 0 Å². The molecule has 11 heteroatoms. The zero-order chi connectivity index (χ0) is 27.9. The fourth-order valence-electron chi connectivity index (χ4n) is 3.94. The molecule has 2 aromatic heterocycles. The van der Waals surface area contributed by atoms with Crippen molar-refractivity contribution in [2.75, 3.05) is 19.6 Å². The summed E-state index contributed by atoms with van der Waals surface area (Å²) in [6.45, 7) is 3.23. The van der Waals surface area contributed by atoms with Crippen LogP contribution in [0.5, 0.6) is 0 Å². The third-order valence-electron chi connectivity index (χ3n) is 6.01. The first-order chi connectivity index (χ1) is 18.8. The summed E-state index contributed by atoms with van der Waals surface area (Å²) in [4.78, 5) is 35.4. The normalized spacial score (nSPS) is 11.3. The Kier molecular flexibility index (Phi) is 12.0. The van der Waals surface area contributed by atoms with Crippen molar-refractivity contribution in [2.24, 2.45) is 5.14 Å². The summed E-state index contributed by atoms with van der Waals surface area (Å²) in [5.41, 5.74) is 2.87. The van der Waals surface area contributed by atoms with Gasteiger partial charge in [0.15, 0.2) is 0 Å². The molecule has 0 bridgehead atoms. The molecule has 0 aliphatic rings. The Morgan fingerprint density at radius 2 is 1.33 bits per heavy atom. The van der Waals surface area contributed by atoms with Gasteiger partial charge in [0.25, 0.3) is 0 Å². The number of nitrogens with zero attached hydrogens (tertiary/aromatic N) is 3. The highest BCUT2D eigenvalue weighted by Gasteiger charge is 2.10. The number of nitrogens with two attached hydrogens (primary N) is 1. The Labute approximate surface area is 230 Å². The summed E-state index contributed by atoms with van der Waals surface area (Å²) < 4.78 is 22.6. The van der Waals surface area contributed by atoms with Crippen molar-refractivity contribution >= 4 is 21.8 Å². The van der Waals surface area contributed by atoms with Crippen molar-refractivity contribution < 1.29 is 18.0 Å². The molecule has 0 saturated heterocycles. The smallest absolute Gasteiger partial charge is 0.238 e. The molecule has 2 heterocycles. The lowest BCUT2D eigenvalue weighted by atomic mass is 10.1. The first-order valence-electron chi connectivity index (χ1n) is 13.0.